The minimum absolute atomic E-state index is 0.130. The summed E-state index contributed by atoms with van der Waals surface area (Å²) in [5, 5.41) is 7.53. The van der Waals surface area contributed by atoms with Crippen LogP contribution in [0.3, 0.4) is 0 Å². The Morgan fingerprint density at radius 3 is 2.59 bits per heavy atom. The SMILES string of the molecule is C[N+]1(NC(=O)C2=NN(c3ccc(Cl)cc3Cl)C(c3ccc(Cl)s3)C2)CCCCC1. The van der Waals surface area contributed by atoms with Crippen LogP contribution in [-0.4, -0.2) is 36.3 Å². The molecule has 3 heterocycles. The van der Waals surface area contributed by atoms with Crippen molar-refractivity contribution in [3.63, 3.8) is 0 Å². The van der Waals surface area contributed by atoms with Crippen molar-refractivity contribution in [3.05, 3.63) is 49.6 Å². The first-order chi connectivity index (χ1) is 13.8. The van der Waals surface area contributed by atoms with Gasteiger partial charge in [0.2, 0.25) is 0 Å². The van der Waals surface area contributed by atoms with Crippen LogP contribution in [0.1, 0.15) is 36.6 Å². The highest BCUT2D eigenvalue weighted by atomic mass is 35.5. The Kier molecular flexibility index (Phi) is 6.09. The standard InChI is InChI=1S/C20H21Cl3N4OS/c1-27(9-3-2-4-10-27)25-20(28)15-12-17(18-7-8-19(23)29-18)26(24-15)16-6-5-13(21)11-14(16)22/h5-8,11,17H,2-4,9-10,12H2,1H3/p+1. The number of amides is 1. The zero-order chi connectivity index (χ0) is 20.6. The average molecular weight is 473 g/mol. The van der Waals surface area contributed by atoms with Gasteiger partial charge in [-0.25, -0.2) is 4.59 Å². The Labute approximate surface area is 189 Å². The van der Waals surface area contributed by atoms with E-state index >= 15 is 0 Å². The fourth-order valence-corrected chi connectivity index (χ4v) is 5.54. The normalized spacial score (nSPS) is 21.2. The summed E-state index contributed by atoms with van der Waals surface area (Å²) in [4.78, 5) is 14.1. The number of hydrazone groups is 1. The van der Waals surface area contributed by atoms with Gasteiger partial charge in [0.15, 0.2) is 0 Å². The number of hydrogen-bond acceptors (Lipinski definition) is 4. The predicted octanol–water partition coefficient (Wildman–Crippen LogP) is 5.68. The predicted molar refractivity (Wildman–Crippen MR) is 121 cm³/mol. The summed E-state index contributed by atoms with van der Waals surface area (Å²) in [6.45, 7) is 1.88. The number of hydrogen-bond donors (Lipinski definition) is 1. The molecule has 1 amide bonds. The van der Waals surface area contributed by atoms with Crippen LogP contribution in [0.5, 0.6) is 0 Å². The number of halogens is 3. The number of piperidine rings is 1. The molecule has 0 saturated carbocycles. The minimum Gasteiger partial charge on any atom is -0.263 e. The number of rotatable bonds is 4. The molecule has 2 aliphatic rings. The number of nitrogens with one attached hydrogen (secondary N) is 1. The van der Waals surface area contributed by atoms with Gasteiger partial charge >= 0.3 is 5.91 Å². The van der Waals surface area contributed by atoms with Crippen LogP contribution in [-0.2, 0) is 4.79 Å². The van der Waals surface area contributed by atoms with E-state index in [1.807, 2.05) is 23.2 Å². The fourth-order valence-electron chi connectivity index (χ4n) is 3.90. The molecular weight excluding hydrogens is 451 g/mol. The van der Waals surface area contributed by atoms with Crippen molar-refractivity contribution in [2.45, 2.75) is 31.7 Å². The molecule has 0 bridgehead atoms. The van der Waals surface area contributed by atoms with Gasteiger partial charge in [-0.2, -0.15) is 10.5 Å². The van der Waals surface area contributed by atoms with Crippen molar-refractivity contribution in [1.82, 2.24) is 5.43 Å². The van der Waals surface area contributed by atoms with E-state index in [9.17, 15) is 4.79 Å². The molecule has 5 nitrogen and oxygen atoms in total. The summed E-state index contributed by atoms with van der Waals surface area (Å²) < 4.78 is 1.25. The van der Waals surface area contributed by atoms with Crippen LogP contribution in [0.15, 0.2) is 35.4 Å². The lowest BCUT2D eigenvalue weighted by Gasteiger charge is -2.36. The highest BCUT2D eigenvalue weighted by Crippen LogP contribution is 2.42. The lowest BCUT2D eigenvalue weighted by atomic mass is 10.1. The fraction of sp³-hybridized carbons (Fsp3) is 0.400. The first kappa shape index (κ1) is 20.9. The van der Waals surface area contributed by atoms with Crippen LogP contribution in [0.4, 0.5) is 5.69 Å². The van der Waals surface area contributed by atoms with E-state index in [-0.39, 0.29) is 11.9 Å². The molecule has 0 spiro atoms. The van der Waals surface area contributed by atoms with Crippen LogP contribution >= 0.6 is 46.1 Å². The summed E-state index contributed by atoms with van der Waals surface area (Å²) in [5.74, 6) is -0.130. The van der Waals surface area contributed by atoms with Crippen molar-refractivity contribution in [2.75, 3.05) is 25.1 Å². The summed E-state index contributed by atoms with van der Waals surface area (Å²) in [6, 6.07) is 8.98. The van der Waals surface area contributed by atoms with Gasteiger partial charge in [0, 0.05) is 16.3 Å². The van der Waals surface area contributed by atoms with Crippen LogP contribution < -0.4 is 10.4 Å². The second kappa shape index (κ2) is 8.44. The average Bonchev–Trinajstić information content (AvgIpc) is 3.28. The van der Waals surface area contributed by atoms with Crippen molar-refractivity contribution < 1.29 is 9.39 Å². The molecule has 4 rings (SSSR count). The first-order valence-corrected chi connectivity index (χ1v) is 11.5. The highest BCUT2D eigenvalue weighted by Gasteiger charge is 2.37. The Balaban J connectivity index is 1.63. The number of nitrogens with zero attached hydrogens (tertiary/aromatic N) is 3. The number of anilines is 1. The number of carbonyl (C=O) groups is 1. The molecule has 1 N–H and O–H groups in total. The van der Waals surface area contributed by atoms with Crippen molar-refractivity contribution in [3.8, 4) is 0 Å². The molecule has 1 fully saturated rings. The Morgan fingerprint density at radius 1 is 1.17 bits per heavy atom. The van der Waals surface area contributed by atoms with Gasteiger partial charge in [-0.15, -0.1) is 11.3 Å². The molecule has 2 aliphatic heterocycles. The molecule has 1 saturated heterocycles. The number of likely N-dealkylation sites (tertiary alicyclic amines) is 1. The van der Waals surface area contributed by atoms with E-state index in [1.54, 1.807) is 12.1 Å². The Hall–Kier alpha value is -1.31. The highest BCUT2D eigenvalue weighted by molar-refractivity contribution is 7.16. The van der Waals surface area contributed by atoms with E-state index in [0.717, 1.165) is 30.8 Å². The quantitative estimate of drug-likeness (QED) is 0.582. The zero-order valence-electron chi connectivity index (χ0n) is 16.0. The second-order valence-electron chi connectivity index (χ2n) is 7.69. The van der Waals surface area contributed by atoms with Gasteiger partial charge in [-0.3, -0.25) is 9.80 Å². The van der Waals surface area contributed by atoms with E-state index in [0.29, 0.717) is 36.8 Å². The van der Waals surface area contributed by atoms with Gasteiger partial charge in [0.05, 0.1) is 28.1 Å². The maximum absolute atomic E-state index is 13.1. The molecule has 1 aromatic carbocycles. The maximum atomic E-state index is 13.1. The molecule has 1 unspecified atom stereocenters. The number of carbonyl (C=O) groups excluding carboxylic acids is 1. The van der Waals surface area contributed by atoms with E-state index in [2.05, 4.69) is 17.6 Å². The topological polar surface area (TPSA) is 44.7 Å². The third-order valence-electron chi connectivity index (χ3n) is 5.43. The smallest absolute Gasteiger partial charge is 0.263 e. The third kappa shape index (κ3) is 4.57. The lowest BCUT2D eigenvalue weighted by Crippen LogP contribution is -2.60. The largest absolute Gasteiger partial charge is 0.312 e. The molecule has 29 heavy (non-hydrogen) atoms. The van der Waals surface area contributed by atoms with E-state index in [1.165, 1.54) is 17.8 Å². The first-order valence-electron chi connectivity index (χ1n) is 9.59. The van der Waals surface area contributed by atoms with Gasteiger partial charge < -0.3 is 0 Å². The van der Waals surface area contributed by atoms with Crippen LogP contribution in [0.25, 0.3) is 0 Å². The number of benzene rings is 1. The van der Waals surface area contributed by atoms with Gasteiger partial charge in [-0.1, -0.05) is 34.8 Å². The third-order valence-corrected chi connectivity index (χ3v) is 7.30. The van der Waals surface area contributed by atoms with E-state index < -0.39 is 0 Å². The Bertz CT molecular complexity index is 955. The summed E-state index contributed by atoms with van der Waals surface area (Å²) >= 11 is 20.2. The van der Waals surface area contributed by atoms with Crippen LogP contribution in [0, 0.1) is 0 Å². The molecule has 1 aromatic heterocycles. The van der Waals surface area contributed by atoms with Gasteiger partial charge in [0.25, 0.3) is 0 Å². The number of thiophene rings is 1. The van der Waals surface area contributed by atoms with Crippen LogP contribution in [0.2, 0.25) is 14.4 Å². The molecule has 1 atom stereocenters. The van der Waals surface area contributed by atoms with Crippen molar-refractivity contribution in [2.24, 2.45) is 5.10 Å². The molecular formula is C20H22Cl3N4OS+. The molecule has 2 aromatic rings. The molecule has 9 heteroatoms. The van der Waals surface area contributed by atoms with E-state index in [4.69, 9.17) is 34.8 Å². The second-order valence-corrected chi connectivity index (χ2v) is 10.3. The molecule has 0 aliphatic carbocycles. The minimum atomic E-state index is -0.140. The monoisotopic (exact) mass is 471 g/mol. The maximum Gasteiger partial charge on any atom is 0.312 e. The molecule has 154 valence electrons. The summed E-state index contributed by atoms with van der Waals surface area (Å²) in [6.07, 6.45) is 3.94. The van der Waals surface area contributed by atoms with Crippen molar-refractivity contribution >= 4 is 63.4 Å². The summed E-state index contributed by atoms with van der Waals surface area (Å²) in [5.41, 5.74) is 4.38. The zero-order valence-corrected chi connectivity index (χ0v) is 19.1. The summed E-state index contributed by atoms with van der Waals surface area (Å²) in [7, 11) is 2.07. The van der Waals surface area contributed by atoms with Gasteiger partial charge in [0.1, 0.15) is 18.8 Å². The lowest BCUT2D eigenvalue weighted by molar-refractivity contribution is -0.947. The number of quaternary nitrogens is 1. The van der Waals surface area contributed by atoms with Crippen molar-refractivity contribution in [1.29, 1.82) is 0 Å². The van der Waals surface area contributed by atoms with Gasteiger partial charge in [-0.05, 0) is 49.6 Å². The molecule has 0 radical (unpaired) electrons. The Morgan fingerprint density at radius 2 is 1.93 bits per heavy atom.